The highest BCUT2D eigenvalue weighted by atomic mass is 16.7. The molecular formula is C17H17N7O6. The summed E-state index contributed by atoms with van der Waals surface area (Å²) in [6.45, 7) is -0.543. The number of nitrogens with two attached hydrogens (primary N) is 1. The molecule has 0 aliphatic carbocycles. The van der Waals surface area contributed by atoms with Crippen LogP contribution in [-0.2, 0) is 26.4 Å². The summed E-state index contributed by atoms with van der Waals surface area (Å²) in [6.07, 6.45) is -1.28. The van der Waals surface area contributed by atoms with Gasteiger partial charge >= 0.3 is 6.16 Å². The molecule has 30 heavy (non-hydrogen) atoms. The number of aromatic nitrogens is 5. The Morgan fingerprint density at radius 2 is 2.27 bits per heavy atom. The average molecular weight is 415 g/mol. The Labute approximate surface area is 168 Å². The Balaban J connectivity index is 1.49. The summed E-state index contributed by atoms with van der Waals surface area (Å²) in [5, 5.41) is 34.9. The number of H-pyrrole nitrogens is 1. The summed E-state index contributed by atoms with van der Waals surface area (Å²) < 4.78 is 16.8. The number of hydrogen-bond donors (Lipinski definition) is 4. The van der Waals surface area contributed by atoms with Crippen molar-refractivity contribution in [1.82, 2.24) is 24.6 Å². The van der Waals surface area contributed by atoms with Crippen molar-refractivity contribution in [2.75, 3.05) is 12.3 Å². The standard InChI is InChI=1S/C17H17N7O6/c18-6-17(12-2-1-10-15(19)22-8-23-24(10)12)14(26)13(25)11(30-17)5-29-16(27)28-4-9-3-20-7-21-9/h1-3,7-8,11,13-14,25-26H,4-5H2,(H,20,21)(H2,19,22,23)/t11-,13-,14-,17+/m1/s1. The fourth-order valence-electron chi connectivity index (χ4n) is 3.24. The number of nitrogen functional groups attached to an aromatic ring is 1. The van der Waals surface area contributed by atoms with Gasteiger partial charge in [-0.25, -0.2) is 19.3 Å². The smallest absolute Gasteiger partial charge is 0.431 e. The number of anilines is 1. The highest BCUT2D eigenvalue weighted by molar-refractivity contribution is 5.66. The lowest BCUT2D eigenvalue weighted by molar-refractivity contribution is -0.0725. The fourth-order valence-corrected chi connectivity index (χ4v) is 3.24. The second-order valence-electron chi connectivity index (χ2n) is 6.53. The SMILES string of the molecule is N#C[C@@]1(c2ccc3c(N)ncnn23)O[C@H](COC(=O)OCc2cnc[nH]2)[C@@H](O)[C@H]1O. The number of imidazole rings is 1. The van der Waals surface area contributed by atoms with Gasteiger partial charge < -0.3 is 35.1 Å². The van der Waals surface area contributed by atoms with Crippen LogP contribution in [0.15, 0.2) is 31.0 Å². The first-order valence-corrected chi connectivity index (χ1v) is 8.77. The van der Waals surface area contributed by atoms with Gasteiger partial charge in [0, 0.05) is 0 Å². The number of fused-ring (bicyclic) bond motifs is 1. The van der Waals surface area contributed by atoms with Crippen molar-refractivity contribution in [2.24, 2.45) is 0 Å². The van der Waals surface area contributed by atoms with Crippen LogP contribution in [0.2, 0.25) is 0 Å². The van der Waals surface area contributed by atoms with E-state index in [-0.39, 0.29) is 18.1 Å². The van der Waals surface area contributed by atoms with E-state index in [0.29, 0.717) is 11.2 Å². The van der Waals surface area contributed by atoms with E-state index in [9.17, 15) is 20.3 Å². The Hall–Kier alpha value is -3.73. The zero-order valence-electron chi connectivity index (χ0n) is 15.4. The second kappa shape index (κ2) is 7.59. The van der Waals surface area contributed by atoms with Crippen LogP contribution >= 0.6 is 0 Å². The summed E-state index contributed by atoms with van der Waals surface area (Å²) in [6, 6.07) is 4.94. The van der Waals surface area contributed by atoms with Gasteiger partial charge in [0.05, 0.1) is 23.9 Å². The van der Waals surface area contributed by atoms with E-state index in [4.69, 9.17) is 19.9 Å². The molecule has 0 unspecified atom stereocenters. The van der Waals surface area contributed by atoms with E-state index in [0.717, 1.165) is 0 Å². The summed E-state index contributed by atoms with van der Waals surface area (Å²) in [4.78, 5) is 22.2. The van der Waals surface area contributed by atoms with Crippen molar-refractivity contribution >= 4 is 17.5 Å². The largest absolute Gasteiger partial charge is 0.508 e. The third-order valence-electron chi connectivity index (χ3n) is 4.75. The molecule has 0 saturated carbocycles. The van der Waals surface area contributed by atoms with E-state index in [1.54, 1.807) is 6.07 Å². The molecule has 4 heterocycles. The molecule has 3 aromatic rings. The minimum absolute atomic E-state index is 0.0884. The van der Waals surface area contributed by atoms with Gasteiger partial charge in [-0.05, 0) is 12.1 Å². The summed E-state index contributed by atoms with van der Waals surface area (Å²) in [7, 11) is 0. The minimum atomic E-state index is -1.97. The number of aliphatic hydroxyl groups excluding tert-OH is 2. The molecule has 13 heteroatoms. The molecule has 13 nitrogen and oxygen atoms in total. The van der Waals surface area contributed by atoms with Crippen molar-refractivity contribution in [3.8, 4) is 6.07 Å². The number of nitriles is 1. The lowest BCUT2D eigenvalue weighted by Crippen LogP contribution is -2.41. The maximum absolute atomic E-state index is 11.8. The normalized spacial score (nSPS) is 25.8. The molecule has 3 aromatic heterocycles. The van der Waals surface area contributed by atoms with Crippen molar-refractivity contribution in [3.63, 3.8) is 0 Å². The van der Waals surface area contributed by atoms with Crippen LogP contribution in [0, 0.1) is 11.3 Å². The van der Waals surface area contributed by atoms with Crippen molar-refractivity contribution in [3.05, 3.63) is 42.4 Å². The predicted octanol–water partition coefficient (Wildman–Crippen LogP) is -0.773. The molecule has 0 aromatic carbocycles. The molecule has 1 fully saturated rings. The number of carbonyl (C=O) groups excluding carboxylic acids is 1. The number of ether oxygens (including phenoxy) is 3. The third kappa shape index (κ3) is 3.18. The predicted molar refractivity (Wildman–Crippen MR) is 96.3 cm³/mol. The maximum Gasteiger partial charge on any atom is 0.508 e. The molecule has 0 radical (unpaired) electrons. The Bertz CT molecular complexity index is 1090. The van der Waals surface area contributed by atoms with Crippen LogP contribution in [0.5, 0.6) is 0 Å². The molecular weight excluding hydrogens is 398 g/mol. The number of rotatable bonds is 5. The molecule has 1 aliphatic rings. The van der Waals surface area contributed by atoms with Crippen molar-refractivity contribution in [1.29, 1.82) is 5.26 Å². The lowest BCUT2D eigenvalue weighted by Gasteiger charge is -2.24. The topological polar surface area (TPSA) is 194 Å². The average Bonchev–Trinajstić information content (AvgIpc) is 3.47. The Morgan fingerprint density at radius 3 is 3.00 bits per heavy atom. The van der Waals surface area contributed by atoms with E-state index in [2.05, 4.69) is 20.1 Å². The molecule has 1 aliphatic heterocycles. The fraction of sp³-hybridized carbons (Fsp3) is 0.353. The first kappa shape index (κ1) is 19.6. The molecule has 156 valence electrons. The van der Waals surface area contributed by atoms with Gasteiger partial charge in [-0.2, -0.15) is 10.4 Å². The number of nitrogens with zero attached hydrogens (tertiary/aromatic N) is 5. The van der Waals surface area contributed by atoms with Gasteiger partial charge in [-0.1, -0.05) is 0 Å². The molecule has 5 N–H and O–H groups in total. The highest BCUT2D eigenvalue weighted by Crippen LogP contribution is 2.40. The van der Waals surface area contributed by atoms with Gasteiger partial charge in [0.1, 0.15) is 49.4 Å². The number of aromatic amines is 1. The summed E-state index contributed by atoms with van der Waals surface area (Å²) in [5.41, 5.74) is 4.93. The van der Waals surface area contributed by atoms with Crippen molar-refractivity contribution in [2.45, 2.75) is 30.5 Å². The van der Waals surface area contributed by atoms with E-state index >= 15 is 0 Å². The molecule has 0 amide bonds. The molecule has 4 rings (SSSR count). The minimum Gasteiger partial charge on any atom is -0.431 e. The van der Waals surface area contributed by atoms with Crippen LogP contribution in [0.4, 0.5) is 10.6 Å². The van der Waals surface area contributed by atoms with E-state index < -0.39 is 36.7 Å². The first-order valence-electron chi connectivity index (χ1n) is 8.77. The number of carbonyl (C=O) groups is 1. The number of hydrogen-bond acceptors (Lipinski definition) is 11. The second-order valence-corrected chi connectivity index (χ2v) is 6.53. The molecule has 4 atom stereocenters. The molecule has 0 spiro atoms. The van der Waals surface area contributed by atoms with Gasteiger partial charge in [0.2, 0.25) is 5.60 Å². The van der Waals surface area contributed by atoms with Gasteiger partial charge in [0.15, 0.2) is 5.82 Å². The van der Waals surface area contributed by atoms with E-state index in [1.165, 1.54) is 29.4 Å². The Morgan fingerprint density at radius 1 is 1.43 bits per heavy atom. The van der Waals surface area contributed by atoms with Gasteiger partial charge in [-0.15, -0.1) is 0 Å². The quantitative estimate of drug-likeness (QED) is 0.382. The third-order valence-corrected chi connectivity index (χ3v) is 4.75. The first-order chi connectivity index (χ1) is 14.5. The van der Waals surface area contributed by atoms with E-state index in [1.807, 2.05) is 6.07 Å². The van der Waals surface area contributed by atoms with Gasteiger partial charge in [-0.3, -0.25) is 0 Å². The zero-order valence-corrected chi connectivity index (χ0v) is 15.4. The highest BCUT2D eigenvalue weighted by Gasteiger charge is 2.57. The van der Waals surface area contributed by atoms with Crippen LogP contribution in [0.1, 0.15) is 11.4 Å². The number of nitrogens with one attached hydrogen (secondary N) is 1. The van der Waals surface area contributed by atoms with Gasteiger partial charge in [0.25, 0.3) is 0 Å². The summed E-state index contributed by atoms with van der Waals surface area (Å²) >= 11 is 0. The monoisotopic (exact) mass is 415 g/mol. The lowest BCUT2D eigenvalue weighted by atomic mass is 9.92. The van der Waals surface area contributed by atoms with Crippen LogP contribution in [0.3, 0.4) is 0 Å². The Kier molecular flexibility index (Phi) is 4.96. The van der Waals surface area contributed by atoms with Crippen LogP contribution in [0.25, 0.3) is 5.52 Å². The van der Waals surface area contributed by atoms with Crippen molar-refractivity contribution < 1.29 is 29.2 Å². The van der Waals surface area contributed by atoms with Crippen LogP contribution < -0.4 is 5.73 Å². The van der Waals surface area contributed by atoms with Crippen LogP contribution in [-0.4, -0.2) is 65.9 Å². The maximum atomic E-state index is 11.8. The zero-order chi connectivity index (χ0) is 21.3. The molecule has 1 saturated heterocycles. The molecule has 0 bridgehead atoms. The summed E-state index contributed by atoms with van der Waals surface area (Å²) in [5.74, 6) is 0.164. The number of aliphatic hydroxyl groups is 2.